The zero-order chi connectivity index (χ0) is 12.7. The van der Waals surface area contributed by atoms with Gasteiger partial charge in [0.2, 0.25) is 5.91 Å². The summed E-state index contributed by atoms with van der Waals surface area (Å²) in [6.07, 6.45) is 1.78. The van der Waals surface area contributed by atoms with Crippen LogP contribution in [0.1, 0.15) is 11.7 Å². The molecule has 0 saturated heterocycles. The number of hydrogen-bond donors (Lipinski definition) is 1. The van der Waals surface area contributed by atoms with E-state index in [1.807, 2.05) is 29.6 Å². The van der Waals surface area contributed by atoms with E-state index in [2.05, 4.69) is 4.98 Å². The van der Waals surface area contributed by atoms with Gasteiger partial charge in [0, 0.05) is 29.5 Å². The highest BCUT2D eigenvalue weighted by atomic mass is 32.1. The lowest BCUT2D eigenvalue weighted by atomic mass is 10.1. The van der Waals surface area contributed by atoms with Gasteiger partial charge in [-0.25, -0.2) is 4.98 Å². The summed E-state index contributed by atoms with van der Waals surface area (Å²) in [5.74, 6) is -0.0000540. The second-order valence-electron chi connectivity index (χ2n) is 4.05. The molecule has 2 heterocycles. The fourth-order valence-corrected chi connectivity index (χ4v) is 2.55. The molecule has 0 bridgehead atoms. The summed E-state index contributed by atoms with van der Waals surface area (Å²) < 4.78 is 1.63. The zero-order valence-corrected chi connectivity index (χ0v) is 10.6. The molecule has 3 rings (SSSR count). The van der Waals surface area contributed by atoms with Crippen LogP contribution in [-0.2, 0) is 0 Å². The van der Waals surface area contributed by atoms with Crippen LogP contribution < -0.4 is 5.73 Å². The molecule has 3 aromatic rings. The maximum atomic E-state index is 11.5. The van der Waals surface area contributed by atoms with E-state index in [1.54, 1.807) is 17.7 Å². The third-order valence-electron chi connectivity index (χ3n) is 2.85. The van der Waals surface area contributed by atoms with Crippen LogP contribution in [-0.4, -0.2) is 15.5 Å². The first-order chi connectivity index (χ1) is 8.65. The van der Waals surface area contributed by atoms with Gasteiger partial charge in [0.1, 0.15) is 0 Å². The Morgan fingerprint density at radius 1 is 1.39 bits per heavy atom. The van der Waals surface area contributed by atoms with Crippen LogP contribution in [0.15, 0.2) is 35.8 Å². The first-order valence-electron chi connectivity index (χ1n) is 5.48. The summed E-state index contributed by atoms with van der Waals surface area (Å²) in [6, 6.07) is 7.86. The van der Waals surface area contributed by atoms with Crippen molar-refractivity contribution in [2.45, 2.75) is 6.92 Å². The minimum Gasteiger partial charge on any atom is -0.375 e. The molecular weight excluding hydrogens is 246 g/mol. The normalized spacial score (nSPS) is 10.9. The van der Waals surface area contributed by atoms with Crippen molar-refractivity contribution in [2.24, 2.45) is 0 Å². The summed E-state index contributed by atoms with van der Waals surface area (Å²) >= 11 is 1.41. The van der Waals surface area contributed by atoms with E-state index >= 15 is 0 Å². The second kappa shape index (κ2) is 3.96. The molecule has 0 aliphatic heterocycles. The van der Waals surface area contributed by atoms with Crippen LogP contribution in [0.3, 0.4) is 0 Å². The lowest BCUT2D eigenvalue weighted by Gasteiger charge is -2.01. The Morgan fingerprint density at radius 3 is 2.89 bits per heavy atom. The SMILES string of the molecule is CC(=O)n1ccc2ccc(-c3csc(N)n3)cc21. The van der Waals surface area contributed by atoms with Crippen LogP contribution in [0.2, 0.25) is 0 Å². The number of anilines is 1. The molecule has 5 heteroatoms. The molecule has 0 aliphatic carbocycles. The van der Waals surface area contributed by atoms with Crippen molar-refractivity contribution in [1.29, 1.82) is 0 Å². The fraction of sp³-hybridized carbons (Fsp3) is 0.0769. The quantitative estimate of drug-likeness (QED) is 0.729. The van der Waals surface area contributed by atoms with Crippen LogP contribution in [0.4, 0.5) is 5.13 Å². The summed E-state index contributed by atoms with van der Waals surface area (Å²) in [7, 11) is 0. The summed E-state index contributed by atoms with van der Waals surface area (Å²) in [5, 5.41) is 3.50. The van der Waals surface area contributed by atoms with E-state index < -0.39 is 0 Å². The molecule has 0 fully saturated rings. The molecule has 0 saturated carbocycles. The Kier molecular flexibility index (Phi) is 2.41. The van der Waals surface area contributed by atoms with E-state index in [9.17, 15) is 4.79 Å². The highest BCUT2D eigenvalue weighted by molar-refractivity contribution is 7.13. The fourth-order valence-electron chi connectivity index (χ4n) is 1.98. The van der Waals surface area contributed by atoms with Crippen LogP contribution in [0.25, 0.3) is 22.2 Å². The number of carbonyl (C=O) groups is 1. The van der Waals surface area contributed by atoms with E-state index in [1.165, 1.54) is 11.3 Å². The Morgan fingerprint density at radius 2 is 2.22 bits per heavy atom. The number of benzene rings is 1. The van der Waals surface area contributed by atoms with Gasteiger partial charge in [-0.15, -0.1) is 11.3 Å². The van der Waals surface area contributed by atoms with Gasteiger partial charge in [0.25, 0.3) is 0 Å². The summed E-state index contributed by atoms with van der Waals surface area (Å²) in [6.45, 7) is 1.55. The molecule has 0 aliphatic rings. The molecule has 0 atom stereocenters. The Labute approximate surface area is 108 Å². The number of carbonyl (C=O) groups excluding carboxylic acids is 1. The van der Waals surface area contributed by atoms with E-state index in [0.29, 0.717) is 5.13 Å². The molecule has 0 spiro atoms. The van der Waals surface area contributed by atoms with Crippen LogP contribution >= 0.6 is 11.3 Å². The zero-order valence-electron chi connectivity index (χ0n) is 9.75. The highest BCUT2D eigenvalue weighted by Gasteiger charge is 2.08. The standard InChI is InChI=1S/C13H11N3OS/c1-8(17)16-5-4-9-2-3-10(6-12(9)16)11-7-18-13(14)15-11/h2-7H,1H3,(H2,14,15). The van der Waals surface area contributed by atoms with Gasteiger partial charge >= 0.3 is 0 Å². The third-order valence-corrected chi connectivity index (χ3v) is 3.52. The van der Waals surface area contributed by atoms with Gasteiger partial charge in [0.15, 0.2) is 5.13 Å². The van der Waals surface area contributed by atoms with Crippen molar-refractivity contribution >= 4 is 33.3 Å². The maximum absolute atomic E-state index is 11.5. The largest absolute Gasteiger partial charge is 0.375 e. The topological polar surface area (TPSA) is 60.9 Å². The second-order valence-corrected chi connectivity index (χ2v) is 4.94. The first kappa shape index (κ1) is 11.0. The smallest absolute Gasteiger partial charge is 0.227 e. The van der Waals surface area contributed by atoms with Crippen molar-refractivity contribution in [3.8, 4) is 11.3 Å². The molecular formula is C13H11N3OS. The van der Waals surface area contributed by atoms with Crippen LogP contribution in [0, 0.1) is 0 Å². The predicted octanol–water partition coefficient (Wildman–Crippen LogP) is 3.01. The lowest BCUT2D eigenvalue weighted by molar-refractivity contribution is 0.0941. The minimum absolute atomic E-state index is 0.0000540. The van der Waals surface area contributed by atoms with Crippen LogP contribution in [0.5, 0.6) is 0 Å². The molecule has 18 heavy (non-hydrogen) atoms. The van der Waals surface area contributed by atoms with Crippen molar-refractivity contribution < 1.29 is 4.79 Å². The summed E-state index contributed by atoms with van der Waals surface area (Å²) in [5.41, 5.74) is 8.34. The molecule has 4 nitrogen and oxygen atoms in total. The molecule has 0 radical (unpaired) electrons. The number of fused-ring (bicyclic) bond motifs is 1. The van der Waals surface area contributed by atoms with Crippen molar-refractivity contribution in [1.82, 2.24) is 9.55 Å². The van der Waals surface area contributed by atoms with Gasteiger partial charge in [-0.3, -0.25) is 9.36 Å². The number of hydrogen-bond acceptors (Lipinski definition) is 4. The number of nitrogens with two attached hydrogens (primary N) is 1. The van der Waals surface area contributed by atoms with Gasteiger partial charge in [-0.05, 0) is 12.1 Å². The van der Waals surface area contributed by atoms with E-state index in [-0.39, 0.29) is 5.91 Å². The molecule has 90 valence electrons. The van der Waals surface area contributed by atoms with Crippen molar-refractivity contribution in [3.05, 3.63) is 35.8 Å². The predicted molar refractivity (Wildman–Crippen MR) is 73.8 cm³/mol. The number of nitrogen functional groups attached to an aromatic ring is 1. The Balaban J connectivity index is 2.20. The van der Waals surface area contributed by atoms with Gasteiger partial charge in [-0.2, -0.15) is 0 Å². The van der Waals surface area contributed by atoms with Gasteiger partial charge < -0.3 is 5.73 Å². The molecule has 2 N–H and O–H groups in total. The molecule has 2 aromatic heterocycles. The highest BCUT2D eigenvalue weighted by Crippen LogP contribution is 2.27. The molecule has 0 amide bonds. The van der Waals surface area contributed by atoms with E-state index in [4.69, 9.17) is 5.73 Å². The average Bonchev–Trinajstić information content (AvgIpc) is 2.93. The lowest BCUT2D eigenvalue weighted by Crippen LogP contribution is -2.02. The average molecular weight is 257 g/mol. The Bertz CT molecular complexity index is 742. The van der Waals surface area contributed by atoms with E-state index in [0.717, 1.165) is 22.2 Å². The summed E-state index contributed by atoms with van der Waals surface area (Å²) in [4.78, 5) is 15.8. The monoisotopic (exact) mass is 257 g/mol. The van der Waals surface area contributed by atoms with Crippen molar-refractivity contribution in [2.75, 3.05) is 5.73 Å². The van der Waals surface area contributed by atoms with Gasteiger partial charge in [0.05, 0.1) is 11.2 Å². The number of aromatic nitrogens is 2. The molecule has 1 aromatic carbocycles. The maximum Gasteiger partial charge on any atom is 0.227 e. The first-order valence-corrected chi connectivity index (χ1v) is 6.36. The number of rotatable bonds is 1. The third kappa shape index (κ3) is 1.69. The Hall–Kier alpha value is -2.14. The number of nitrogens with zero attached hydrogens (tertiary/aromatic N) is 2. The van der Waals surface area contributed by atoms with Crippen molar-refractivity contribution in [3.63, 3.8) is 0 Å². The molecule has 0 unspecified atom stereocenters. The van der Waals surface area contributed by atoms with Gasteiger partial charge in [-0.1, -0.05) is 12.1 Å². The minimum atomic E-state index is -0.0000540. The number of thiazole rings is 1.